The summed E-state index contributed by atoms with van der Waals surface area (Å²) < 4.78 is 0. The van der Waals surface area contributed by atoms with Gasteiger partial charge in [-0.2, -0.15) is 0 Å². The van der Waals surface area contributed by atoms with Crippen LogP contribution in [-0.4, -0.2) is 5.78 Å². The van der Waals surface area contributed by atoms with E-state index in [4.69, 9.17) is 0 Å². The van der Waals surface area contributed by atoms with Gasteiger partial charge in [0, 0.05) is 6.42 Å². The molecule has 0 amide bonds. The molecule has 1 unspecified atom stereocenters. The van der Waals surface area contributed by atoms with Gasteiger partial charge in [-0.15, -0.1) is 0 Å². The van der Waals surface area contributed by atoms with Crippen molar-refractivity contribution in [2.75, 3.05) is 0 Å². The third-order valence-electron chi connectivity index (χ3n) is 4.59. The molecular weight excluding hydrogens is 208 g/mol. The van der Waals surface area contributed by atoms with Gasteiger partial charge in [-0.05, 0) is 50.5 Å². The number of allylic oxidation sites excluding steroid dienone is 3. The predicted molar refractivity (Wildman–Crippen MR) is 71.8 cm³/mol. The Bertz CT molecular complexity index is 356. The number of carbonyl (C=O) groups excluding carboxylic acids is 1. The standard InChI is InChI=1S/C16H24O/c1-11(2)14-9-15(12(3)16(17)10-14)13-7-5-4-6-8-13/h13-14H,1,4-10H2,2-3H3. The van der Waals surface area contributed by atoms with Crippen molar-refractivity contribution in [3.8, 4) is 0 Å². The fourth-order valence-electron chi connectivity index (χ4n) is 3.32. The maximum Gasteiger partial charge on any atom is 0.159 e. The van der Waals surface area contributed by atoms with Gasteiger partial charge in [0.25, 0.3) is 0 Å². The van der Waals surface area contributed by atoms with E-state index in [1.807, 2.05) is 6.92 Å². The highest BCUT2D eigenvalue weighted by Gasteiger charge is 2.30. The number of Topliss-reactive ketones (excluding diaryl/α,β-unsaturated/α-hetero) is 1. The Labute approximate surface area is 105 Å². The lowest BCUT2D eigenvalue weighted by Gasteiger charge is -2.32. The lowest BCUT2D eigenvalue weighted by molar-refractivity contribution is -0.116. The van der Waals surface area contributed by atoms with Crippen LogP contribution >= 0.6 is 0 Å². The SMILES string of the molecule is C=C(C)C1CC(=O)C(C)=C(C2CCCCC2)C1. The first-order chi connectivity index (χ1) is 8.09. The highest BCUT2D eigenvalue weighted by Crippen LogP contribution is 2.40. The molecule has 0 spiro atoms. The highest BCUT2D eigenvalue weighted by atomic mass is 16.1. The zero-order valence-electron chi connectivity index (χ0n) is 11.2. The Morgan fingerprint density at radius 3 is 2.41 bits per heavy atom. The van der Waals surface area contributed by atoms with E-state index < -0.39 is 0 Å². The van der Waals surface area contributed by atoms with Crippen molar-refractivity contribution >= 4 is 5.78 Å². The molecule has 2 aliphatic rings. The second kappa shape index (κ2) is 5.20. The maximum absolute atomic E-state index is 12.1. The van der Waals surface area contributed by atoms with Crippen LogP contribution in [-0.2, 0) is 4.79 Å². The van der Waals surface area contributed by atoms with Gasteiger partial charge in [0.1, 0.15) is 0 Å². The van der Waals surface area contributed by atoms with Crippen LogP contribution in [0, 0.1) is 11.8 Å². The van der Waals surface area contributed by atoms with E-state index in [-0.39, 0.29) is 0 Å². The number of hydrogen-bond donors (Lipinski definition) is 0. The number of ketones is 1. The molecule has 0 aromatic carbocycles. The molecule has 0 aromatic rings. The average Bonchev–Trinajstić information content (AvgIpc) is 2.33. The molecular formula is C16H24O. The Morgan fingerprint density at radius 2 is 1.82 bits per heavy atom. The molecule has 0 heterocycles. The highest BCUT2D eigenvalue weighted by molar-refractivity contribution is 5.96. The van der Waals surface area contributed by atoms with Crippen LogP contribution in [0.25, 0.3) is 0 Å². The monoisotopic (exact) mass is 232 g/mol. The van der Waals surface area contributed by atoms with E-state index in [0.29, 0.717) is 24.0 Å². The van der Waals surface area contributed by atoms with Crippen LogP contribution in [0.2, 0.25) is 0 Å². The fraction of sp³-hybridized carbons (Fsp3) is 0.688. The van der Waals surface area contributed by atoms with Crippen LogP contribution in [0.5, 0.6) is 0 Å². The first-order valence-electron chi connectivity index (χ1n) is 6.98. The summed E-state index contributed by atoms with van der Waals surface area (Å²) in [5.41, 5.74) is 3.72. The van der Waals surface area contributed by atoms with E-state index in [9.17, 15) is 4.79 Å². The first-order valence-corrected chi connectivity index (χ1v) is 6.98. The van der Waals surface area contributed by atoms with Gasteiger partial charge < -0.3 is 0 Å². The topological polar surface area (TPSA) is 17.1 Å². The second-order valence-corrected chi connectivity index (χ2v) is 5.86. The summed E-state index contributed by atoms with van der Waals surface area (Å²) in [5, 5.41) is 0. The average molecular weight is 232 g/mol. The van der Waals surface area contributed by atoms with Crippen molar-refractivity contribution in [1.29, 1.82) is 0 Å². The molecule has 0 aliphatic heterocycles. The lowest BCUT2D eigenvalue weighted by atomic mass is 9.72. The molecule has 0 aromatic heterocycles. The van der Waals surface area contributed by atoms with E-state index in [0.717, 1.165) is 12.0 Å². The molecule has 1 heteroatoms. The Balaban J connectivity index is 2.19. The minimum atomic E-state index is 0.366. The quantitative estimate of drug-likeness (QED) is 0.643. The van der Waals surface area contributed by atoms with Gasteiger partial charge in [-0.3, -0.25) is 4.79 Å². The number of hydrogen-bond acceptors (Lipinski definition) is 1. The van der Waals surface area contributed by atoms with E-state index in [2.05, 4.69) is 13.5 Å². The molecule has 0 radical (unpaired) electrons. The molecule has 0 N–H and O–H groups in total. The summed E-state index contributed by atoms with van der Waals surface area (Å²) in [6, 6.07) is 0. The van der Waals surface area contributed by atoms with Crippen molar-refractivity contribution in [3.05, 3.63) is 23.3 Å². The summed E-state index contributed by atoms with van der Waals surface area (Å²) in [4.78, 5) is 12.1. The summed E-state index contributed by atoms with van der Waals surface area (Å²) in [6.07, 6.45) is 8.43. The van der Waals surface area contributed by atoms with Crippen LogP contribution in [0.3, 0.4) is 0 Å². The molecule has 1 saturated carbocycles. The minimum Gasteiger partial charge on any atom is -0.295 e. The summed E-state index contributed by atoms with van der Waals surface area (Å²) in [6.45, 7) is 8.15. The van der Waals surface area contributed by atoms with E-state index >= 15 is 0 Å². The van der Waals surface area contributed by atoms with Gasteiger partial charge in [-0.1, -0.05) is 37.0 Å². The number of rotatable bonds is 2. The minimum absolute atomic E-state index is 0.366. The van der Waals surface area contributed by atoms with Crippen molar-refractivity contribution in [1.82, 2.24) is 0 Å². The van der Waals surface area contributed by atoms with Crippen molar-refractivity contribution in [3.63, 3.8) is 0 Å². The summed E-state index contributed by atoms with van der Waals surface area (Å²) in [5.74, 6) is 1.46. The van der Waals surface area contributed by atoms with Gasteiger partial charge in [0.15, 0.2) is 5.78 Å². The van der Waals surface area contributed by atoms with Gasteiger partial charge in [-0.25, -0.2) is 0 Å². The molecule has 0 bridgehead atoms. The third-order valence-corrected chi connectivity index (χ3v) is 4.59. The molecule has 17 heavy (non-hydrogen) atoms. The van der Waals surface area contributed by atoms with E-state index in [1.165, 1.54) is 43.3 Å². The molecule has 1 atom stereocenters. The summed E-state index contributed by atoms with van der Waals surface area (Å²) in [7, 11) is 0. The van der Waals surface area contributed by atoms with Gasteiger partial charge >= 0.3 is 0 Å². The predicted octanol–water partition coefficient (Wildman–Crippen LogP) is 4.44. The van der Waals surface area contributed by atoms with Crippen molar-refractivity contribution in [2.45, 2.75) is 58.8 Å². The second-order valence-electron chi connectivity index (χ2n) is 5.86. The Hall–Kier alpha value is -0.850. The van der Waals surface area contributed by atoms with Gasteiger partial charge in [0.2, 0.25) is 0 Å². The lowest BCUT2D eigenvalue weighted by Crippen LogP contribution is -2.23. The zero-order chi connectivity index (χ0) is 12.4. The molecule has 2 aliphatic carbocycles. The van der Waals surface area contributed by atoms with Crippen LogP contribution in [0.4, 0.5) is 0 Å². The van der Waals surface area contributed by atoms with Crippen molar-refractivity contribution in [2.24, 2.45) is 11.8 Å². The van der Waals surface area contributed by atoms with Crippen LogP contribution in [0.15, 0.2) is 23.3 Å². The van der Waals surface area contributed by atoms with Crippen LogP contribution < -0.4 is 0 Å². The Morgan fingerprint density at radius 1 is 1.18 bits per heavy atom. The molecule has 1 fully saturated rings. The molecule has 0 saturated heterocycles. The molecule has 2 rings (SSSR count). The molecule has 94 valence electrons. The zero-order valence-corrected chi connectivity index (χ0v) is 11.2. The third kappa shape index (κ3) is 2.70. The smallest absolute Gasteiger partial charge is 0.159 e. The van der Waals surface area contributed by atoms with E-state index in [1.54, 1.807) is 0 Å². The largest absolute Gasteiger partial charge is 0.295 e. The fourth-order valence-corrected chi connectivity index (χ4v) is 3.32. The Kier molecular flexibility index (Phi) is 3.86. The maximum atomic E-state index is 12.1. The van der Waals surface area contributed by atoms with Crippen molar-refractivity contribution < 1.29 is 4.79 Å². The summed E-state index contributed by atoms with van der Waals surface area (Å²) >= 11 is 0. The normalized spacial score (nSPS) is 27.4. The van der Waals surface area contributed by atoms with Gasteiger partial charge in [0.05, 0.1) is 0 Å². The molecule has 1 nitrogen and oxygen atoms in total. The number of carbonyl (C=O) groups is 1. The van der Waals surface area contributed by atoms with Crippen LogP contribution in [0.1, 0.15) is 58.8 Å². The first kappa shape index (κ1) is 12.6.